The monoisotopic (exact) mass is 298 g/mol. The number of rotatable bonds is 2. The molecule has 1 fully saturated rings. The normalized spacial score (nSPS) is 20.1. The van der Waals surface area contributed by atoms with Gasteiger partial charge >= 0.3 is 6.18 Å². The van der Waals surface area contributed by atoms with Crippen molar-refractivity contribution in [3.8, 4) is 11.4 Å². The number of aromatic nitrogens is 3. The summed E-state index contributed by atoms with van der Waals surface area (Å²) in [5.74, 6) is 0.383. The first-order chi connectivity index (χ1) is 9.95. The maximum absolute atomic E-state index is 13.0. The lowest BCUT2D eigenvalue weighted by Gasteiger charge is -2.09. The van der Waals surface area contributed by atoms with Crippen molar-refractivity contribution in [2.45, 2.75) is 18.5 Å². The highest BCUT2D eigenvalue weighted by molar-refractivity contribution is 5.59. The molecule has 2 aromatic rings. The molecule has 1 atom stereocenters. The Hall–Kier alpha value is -1.96. The SMILES string of the molecule is CN1CCC(c2nc(-c3cnccc3C(F)(F)F)no2)C1. The van der Waals surface area contributed by atoms with Crippen LogP contribution in [0.5, 0.6) is 0 Å². The molecule has 0 aliphatic carbocycles. The van der Waals surface area contributed by atoms with Gasteiger partial charge in [-0.25, -0.2) is 0 Å². The van der Waals surface area contributed by atoms with E-state index in [1.54, 1.807) is 0 Å². The molecule has 112 valence electrons. The number of nitrogens with zero attached hydrogens (tertiary/aromatic N) is 4. The molecule has 0 N–H and O–H groups in total. The van der Waals surface area contributed by atoms with Gasteiger partial charge in [-0.15, -0.1) is 0 Å². The molecule has 1 aliphatic heterocycles. The van der Waals surface area contributed by atoms with Crippen molar-refractivity contribution in [2.75, 3.05) is 20.1 Å². The molecule has 0 amide bonds. The maximum Gasteiger partial charge on any atom is 0.417 e. The zero-order valence-electron chi connectivity index (χ0n) is 11.3. The molecule has 5 nitrogen and oxygen atoms in total. The van der Waals surface area contributed by atoms with Crippen LogP contribution in [0.15, 0.2) is 23.0 Å². The number of halogens is 3. The van der Waals surface area contributed by atoms with Gasteiger partial charge in [0.25, 0.3) is 0 Å². The summed E-state index contributed by atoms with van der Waals surface area (Å²) in [6.45, 7) is 1.67. The zero-order valence-corrected chi connectivity index (χ0v) is 11.3. The van der Waals surface area contributed by atoms with Crippen LogP contribution in [-0.2, 0) is 6.18 Å². The second-order valence-electron chi connectivity index (χ2n) is 5.12. The van der Waals surface area contributed by atoms with Crippen LogP contribution in [-0.4, -0.2) is 40.2 Å². The number of likely N-dealkylation sites (N-methyl/N-ethyl adjacent to an activating group) is 1. The Morgan fingerprint density at radius 2 is 2.19 bits per heavy atom. The fraction of sp³-hybridized carbons (Fsp3) is 0.462. The molecule has 3 heterocycles. The van der Waals surface area contributed by atoms with Gasteiger partial charge in [-0.3, -0.25) is 4.98 Å². The van der Waals surface area contributed by atoms with Crippen LogP contribution in [0, 0.1) is 0 Å². The van der Waals surface area contributed by atoms with Crippen molar-refractivity contribution in [1.82, 2.24) is 20.0 Å². The highest BCUT2D eigenvalue weighted by Crippen LogP contribution is 2.36. The number of pyridine rings is 1. The van der Waals surface area contributed by atoms with Crippen molar-refractivity contribution in [1.29, 1.82) is 0 Å². The number of alkyl halides is 3. The number of hydrogen-bond donors (Lipinski definition) is 0. The minimum Gasteiger partial charge on any atom is -0.339 e. The summed E-state index contributed by atoms with van der Waals surface area (Å²) >= 11 is 0. The van der Waals surface area contributed by atoms with E-state index in [1.807, 2.05) is 7.05 Å². The summed E-state index contributed by atoms with van der Waals surface area (Å²) in [6.07, 6.45) is -1.42. The van der Waals surface area contributed by atoms with Crippen LogP contribution in [0.2, 0.25) is 0 Å². The van der Waals surface area contributed by atoms with E-state index >= 15 is 0 Å². The molecule has 8 heteroatoms. The molecule has 1 aliphatic rings. The van der Waals surface area contributed by atoms with Crippen LogP contribution >= 0.6 is 0 Å². The molecule has 1 saturated heterocycles. The standard InChI is InChI=1S/C13H13F3N4O/c1-20-5-3-8(7-20)12-18-11(19-21-12)9-6-17-4-2-10(9)13(14,15)16/h2,4,6,8H,3,5,7H2,1H3. The predicted molar refractivity (Wildman–Crippen MR) is 67.4 cm³/mol. The van der Waals surface area contributed by atoms with Crippen molar-refractivity contribution in [2.24, 2.45) is 0 Å². The first-order valence-electron chi connectivity index (χ1n) is 6.49. The Morgan fingerprint density at radius 1 is 1.38 bits per heavy atom. The predicted octanol–water partition coefficient (Wildman–Crippen LogP) is 2.57. The summed E-state index contributed by atoms with van der Waals surface area (Å²) in [7, 11) is 1.97. The van der Waals surface area contributed by atoms with Gasteiger partial charge in [0, 0.05) is 18.9 Å². The first-order valence-corrected chi connectivity index (χ1v) is 6.49. The van der Waals surface area contributed by atoms with Gasteiger partial charge in [0.15, 0.2) is 0 Å². The molecule has 2 aromatic heterocycles. The second kappa shape index (κ2) is 5.10. The Bertz CT molecular complexity index is 640. The molecule has 3 rings (SSSR count). The van der Waals surface area contributed by atoms with Crippen LogP contribution < -0.4 is 0 Å². The lowest BCUT2D eigenvalue weighted by atomic mass is 10.1. The summed E-state index contributed by atoms with van der Waals surface area (Å²) in [5.41, 5.74) is -0.972. The first kappa shape index (κ1) is 14.0. The smallest absolute Gasteiger partial charge is 0.339 e. The number of hydrogen-bond acceptors (Lipinski definition) is 5. The molecule has 0 radical (unpaired) electrons. The minimum atomic E-state index is -4.48. The van der Waals surface area contributed by atoms with Crippen LogP contribution in [0.3, 0.4) is 0 Å². The van der Waals surface area contributed by atoms with E-state index in [0.29, 0.717) is 5.89 Å². The van der Waals surface area contributed by atoms with E-state index in [1.165, 1.54) is 0 Å². The molecule has 0 saturated carbocycles. The Morgan fingerprint density at radius 3 is 2.86 bits per heavy atom. The fourth-order valence-electron chi connectivity index (χ4n) is 2.47. The van der Waals surface area contributed by atoms with Crippen molar-refractivity contribution < 1.29 is 17.7 Å². The van der Waals surface area contributed by atoms with E-state index in [0.717, 1.165) is 38.0 Å². The Balaban J connectivity index is 1.94. The summed E-state index contributed by atoms with van der Waals surface area (Å²) in [6, 6.07) is 0.911. The second-order valence-corrected chi connectivity index (χ2v) is 5.12. The zero-order chi connectivity index (χ0) is 15.0. The van der Waals surface area contributed by atoms with Gasteiger partial charge in [0.2, 0.25) is 11.7 Å². The van der Waals surface area contributed by atoms with Crippen LogP contribution in [0.4, 0.5) is 13.2 Å². The minimum absolute atomic E-state index is 0.0695. The molecular weight excluding hydrogens is 285 g/mol. The third-order valence-electron chi connectivity index (χ3n) is 3.55. The molecule has 0 bridgehead atoms. The van der Waals surface area contributed by atoms with E-state index in [-0.39, 0.29) is 17.3 Å². The molecule has 0 spiro atoms. The summed E-state index contributed by atoms with van der Waals surface area (Å²) < 4.78 is 44.1. The van der Waals surface area contributed by atoms with E-state index in [2.05, 4.69) is 20.0 Å². The quantitative estimate of drug-likeness (QED) is 0.853. The average Bonchev–Trinajstić information content (AvgIpc) is 3.06. The fourth-order valence-corrected chi connectivity index (χ4v) is 2.47. The van der Waals surface area contributed by atoms with Gasteiger partial charge in [0.1, 0.15) is 0 Å². The third-order valence-corrected chi connectivity index (χ3v) is 3.55. The Labute approximate surface area is 118 Å². The summed E-state index contributed by atoms with van der Waals surface area (Å²) in [5, 5.41) is 3.69. The van der Waals surface area contributed by atoms with Gasteiger partial charge < -0.3 is 9.42 Å². The third kappa shape index (κ3) is 2.76. The topological polar surface area (TPSA) is 55.1 Å². The van der Waals surface area contributed by atoms with Crippen LogP contribution in [0.25, 0.3) is 11.4 Å². The van der Waals surface area contributed by atoms with E-state index < -0.39 is 11.7 Å². The highest BCUT2D eigenvalue weighted by atomic mass is 19.4. The molecule has 1 unspecified atom stereocenters. The average molecular weight is 298 g/mol. The molecular formula is C13H13F3N4O. The van der Waals surface area contributed by atoms with Crippen molar-refractivity contribution in [3.63, 3.8) is 0 Å². The maximum atomic E-state index is 13.0. The Kier molecular flexibility index (Phi) is 3.40. The van der Waals surface area contributed by atoms with Gasteiger partial charge in [-0.2, -0.15) is 18.2 Å². The van der Waals surface area contributed by atoms with E-state index in [4.69, 9.17) is 4.52 Å². The summed E-state index contributed by atoms with van der Waals surface area (Å²) in [4.78, 5) is 9.96. The van der Waals surface area contributed by atoms with Gasteiger partial charge in [-0.05, 0) is 26.1 Å². The lowest BCUT2D eigenvalue weighted by molar-refractivity contribution is -0.137. The van der Waals surface area contributed by atoms with Gasteiger partial charge in [-0.1, -0.05) is 5.16 Å². The largest absolute Gasteiger partial charge is 0.417 e. The van der Waals surface area contributed by atoms with Crippen LogP contribution in [0.1, 0.15) is 23.8 Å². The van der Waals surface area contributed by atoms with Gasteiger partial charge in [0.05, 0.1) is 17.0 Å². The van der Waals surface area contributed by atoms with E-state index in [9.17, 15) is 13.2 Å². The van der Waals surface area contributed by atoms with Crippen molar-refractivity contribution >= 4 is 0 Å². The van der Waals surface area contributed by atoms with Crippen molar-refractivity contribution in [3.05, 3.63) is 29.9 Å². The molecule has 0 aromatic carbocycles. The lowest BCUT2D eigenvalue weighted by Crippen LogP contribution is -2.13. The molecule has 21 heavy (non-hydrogen) atoms. The number of likely N-dealkylation sites (tertiary alicyclic amines) is 1. The highest BCUT2D eigenvalue weighted by Gasteiger charge is 2.35.